The molecule has 3 rings (SSSR count). The molecule has 0 aliphatic carbocycles. The Balaban J connectivity index is 1.97. The first-order valence-corrected chi connectivity index (χ1v) is 11.4. The fourth-order valence-electron chi connectivity index (χ4n) is 2.97. The van der Waals surface area contributed by atoms with Crippen LogP contribution in [0.2, 0.25) is 5.02 Å². The highest BCUT2D eigenvalue weighted by molar-refractivity contribution is 8.13. The second-order valence-corrected chi connectivity index (χ2v) is 7.65. The summed E-state index contributed by atoms with van der Waals surface area (Å²) in [5, 5.41) is 11.1. The van der Waals surface area contributed by atoms with Gasteiger partial charge in [-0.3, -0.25) is 5.10 Å². The first-order valence-electron chi connectivity index (χ1n) is 9.76. The van der Waals surface area contributed by atoms with E-state index in [1.54, 1.807) is 6.07 Å². The van der Waals surface area contributed by atoms with Crippen molar-refractivity contribution in [2.45, 2.75) is 20.8 Å². The third kappa shape index (κ3) is 5.51. The van der Waals surface area contributed by atoms with Crippen LogP contribution < -0.4 is 14.8 Å². The number of nitrogens with zero attached hydrogens (tertiary/aromatic N) is 2. The lowest BCUT2D eigenvalue weighted by Gasteiger charge is -2.13. The minimum Gasteiger partial charge on any atom is -0.490 e. The summed E-state index contributed by atoms with van der Waals surface area (Å²) in [5.74, 6) is 1.41. The first-order chi connectivity index (χ1) is 15.0. The van der Waals surface area contributed by atoms with Gasteiger partial charge < -0.3 is 14.8 Å². The van der Waals surface area contributed by atoms with Crippen LogP contribution in [0.3, 0.4) is 0 Å². The molecule has 2 N–H and O–H groups in total. The Morgan fingerprint density at radius 1 is 1.16 bits per heavy atom. The summed E-state index contributed by atoms with van der Waals surface area (Å²) >= 11 is 7.29. The van der Waals surface area contributed by atoms with Crippen molar-refractivity contribution in [3.8, 4) is 22.6 Å². The number of aromatic amines is 1. The van der Waals surface area contributed by atoms with Crippen LogP contribution >= 0.6 is 23.4 Å². The maximum atomic E-state index is 13.4. The van der Waals surface area contributed by atoms with Crippen molar-refractivity contribution in [2.75, 3.05) is 24.8 Å². The molecule has 164 valence electrons. The number of anilines is 1. The molecule has 0 fully saturated rings. The quantitative estimate of drug-likeness (QED) is 0.312. The molecule has 9 heteroatoms. The van der Waals surface area contributed by atoms with Crippen LogP contribution in [0.1, 0.15) is 19.5 Å². The topological polar surface area (TPSA) is 71.5 Å². The number of aromatic nitrogens is 2. The lowest BCUT2D eigenvalue weighted by atomic mass is 10.1. The number of aliphatic imine (C=N–C) groups is 1. The Bertz CT molecular complexity index is 1090. The van der Waals surface area contributed by atoms with Gasteiger partial charge >= 0.3 is 0 Å². The van der Waals surface area contributed by atoms with Gasteiger partial charge in [0, 0.05) is 16.9 Å². The fourth-order valence-corrected chi connectivity index (χ4v) is 3.55. The van der Waals surface area contributed by atoms with E-state index in [0.717, 1.165) is 16.8 Å². The standard InChI is InChI=1S/C22H24ClFN4O2S/c1-5-29-18-10-7-14(11-19(18)30-6-2)20-13(3)27-28-21(20)26-22(31-4)25-15-8-9-17(24)16(23)12-15/h7-12H,5-6H2,1-4H3,(H2,25,26,27,28). The number of nitrogens with one attached hydrogen (secondary N) is 2. The van der Waals surface area contributed by atoms with Crippen LogP contribution in [-0.2, 0) is 0 Å². The normalized spacial score (nSPS) is 11.5. The summed E-state index contributed by atoms with van der Waals surface area (Å²) in [5.41, 5.74) is 3.26. The summed E-state index contributed by atoms with van der Waals surface area (Å²) in [4.78, 5) is 4.67. The largest absolute Gasteiger partial charge is 0.490 e. The third-order valence-electron chi connectivity index (χ3n) is 4.33. The minimum atomic E-state index is -0.472. The molecule has 0 aliphatic heterocycles. The van der Waals surface area contributed by atoms with Crippen molar-refractivity contribution in [2.24, 2.45) is 4.99 Å². The molecular weight excluding hydrogens is 439 g/mol. The van der Waals surface area contributed by atoms with Crippen LogP contribution in [0.5, 0.6) is 11.5 Å². The van der Waals surface area contributed by atoms with E-state index in [2.05, 4.69) is 20.5 Å². The lowest BCUT2D eigenvalue weighted by molar-refractivity contribution is 0.288. The van der Waals surface area contributed by atoms with Crippen molar-refractivity contribution >= 4 is 40.0 Å². The molecular formula is C22H24ClFN4O2S. The maximum Gasteiger partial charge on any atom is 0.184 e. The summed E-state index contributed by atoms with van der Waals surface area (Å²) in [7, 11) is 0. The SMILES string of the molecule is CCOc1ccc(-c2c(N=C(Nc3ccc(F)c(Cl)c3)SC)n[nH]c2C)cc1OCC. The van der Waals surface area contributed by atoms with Gasteiger partial charge in [0.05, 0.1) is 18.2 Å². The molecule has 0 saturated carbocycles. The van der Waals surface area contributed by atoms with Gasteiger partial charge in [-0.25, -0.2) is 9.38 Å². The van der Waals surface area contributed by atoms with E-state index in [1.807, 2.05) is 45.2 Å². The summed E-state index contributed by atoms with van der Waals surface area (Å²) in [6, 6.07) is 10.2. The number of benzene rings is 2. The Labute approximate surface area is 190 Å². The van der Waals surface area contributed by atoms with Crippen LogP contribution in [-0.4, -0.2) is 34.8 Å². The smallest absolute Gasteiger partial charge is 0.184 e. The fraction of sp³-hybridized carbons (Fsp3) is 0.273. The molecule has 0 saturated heterocycles. The molecule has 31 heavy (non-hydrogen) atoms. The number of amidine groups is 1. The van der Waals surface area contributed by atoms with Crippen LogP contribution in [0, 0.1) is 12.7 Å². The number of hydrogen-bond donors (Lipinski definition) is 2. The molecule has 0 amide bonds. The van der Waals surface area contributed by atoms with Gasteiger partial charge in [-0.15, -0.1) is 0 Å². The molecule has 2 aromatic carbocycles. The number of halogens is 2. The summed E-state index contributed by atoms with van der Waals surface area (Å²) in [6.45, 7) is 6.88. The number of aryl methyl sites for hydroxylation is 1. The third-order valence-corrected chi connectivity index (χ3v) is 5.20. The summed E-state index contributed by atoms with van der Waals surface area (Å²) < 4.78 is 24.9. The molecule has 0 spiro atoms. The molecule has 0 aliphatic rings. The monoisotopic (exact) mass is 462 g/mol. The Hall–Kier alpha value is -2.71. The molecule has 6 nitrogen and oxygen atoms in total. The first kappa shape index (κ1) is 23.0. The van der Waals surface area contributed by atoms with Crippen molar-refractivity contribution in [3.63, 3.8) is 0 Å². The van der Waals surface area contributed by atoms with E-state index in [4.69, 9.17) is 21.1 Å². The van der Waals surface area contributed by atoms with E-state index < -0.39 is 5.82 Å². The van der Waals surface area contributed by atoms with Gasteiger partial charge in [0.2, 0.25) is 0 Å². The van der Waals surface area contributed by atoms with E-state index in [1.165, 1.54) is 23.9 Å². The average molecular weight is 463 g/mol. The van der Waals surface area contributed by atoms with Gasteiger partial charge in [-0.1, -0.05) is 29.4 Å². The lowest BCUT2D eigenvalue weighted by Crippen LogP contribution is -2.07. The highest BCUT2D eigenvalue weighted by atomic mass is 35.5. The maximum absolute atomic E-state index is 13.4. The van der Waals surface area contributed by atoms with Crippen molar-refractivity contribution in [1.29, 1.82) is 0 Å². The number of hydrogen-bond acceptors (Lipinski definition) is 5. The zero-order valence-electron chi connectivity index (χ0n) is 17.8. The minimum absolute atomic E-state index is 0.0413. The van der Waals surface area contributed by atoms with E-state index in [0.29, 0.717) is 41.4 Å². The van der Waals surface area contributed by atoms with E-state index in [9.17, 15) is 4.39 Å². The number of rotatable bonds is 7. The second-order valence-electron chi connectivity index (χ2n) is 6.45. The van der Waals surface area contributed by atoms with Crippen molar-refractivity contribution in [1.82, 2.24) is 10.2 Å². The molecule has 0 unspecified atom stereocenters. The summed E-state index contributed by atoms with van der Waals surface area (Å²) in [6.07, 6.45) is 1.89. The Kier molecular flexibility index (Phi) is 7.81. The van der Waals surface area contributed by atoms with Crippen LogP contribution in [0.25, 0.3) is 11.1 Å². The molecule has 0 bridgehead atoms. The number of H-pyrrole nitrogens is 1. The zero-order chi connectivity index (χ0) is 22.4. The average Bonchev–Trinajstić information content (AvgIpc) is 3.11. The molecule has 1 aromatic heterocycles. The van der Waals surface area contributed by atoms with E-state index in [-0.39, 0.29) is 5.02 Å². The van der Waals surface area contributed by atoms with Crippen LogP contribution in [0.15, 0.2) is 41.4 Å². The Morgan fingerprint density at radius 3 is 2.58 bits per heavy atom. The molecule has 1 heterocycles. The van der Waals surface area contributed by atoms with Crippen LogP contribution in [0.4, 0.5) is 15.9 Å². The molecule has 0 atom stereocenters. The van der Waals surface area contributed by atoms with E-state index >= 15 is 0 Å². The highest BCUT2D eigenvalue weighted by Crippen LogP contribution is 2.38. The zero-order valence-corrected chi connectivity index (χ0v) is 19.3. The van der Waals surface area contributed by atoms with Crippen molar-refractivity contribution in [3.05, 3.63) is 52.9 Å². The Morgan fingerprint density at radius 2 is 1.90 bits per heavy atom. The molecule has 3 aromatic rings. The number of ether oxygens (including phenoxy) is 2. The van der Waals surface area contributed by atoms with Gasteiger partial charge in [-0.2, -0.15) is 5.10 Å². The van der Waals surface area contributed by atoms with Crippen molar-refractivity contribution < 1.29 is 13.9 Å². The second kappa shape index (κ2) is 10.5. The van der Waals surface area contributed by atoms with Gasteiger partial charge in [0.15, 0.2) is 22.5 Å². The van der Waals surface area contributed by atoms with Gasteiger partial charge in [0.25, 0.3) is 0 Å². The highest BCUT2D eigenvalue weighted by Gasteiger charge is 2.16. The predicted molar refractivity (Wildman–Crippen MR) is 127 cm³/mol. The number of thioether (sulfide) groups is 1. The van der Waals surface area contributed by atoms with Gasteiger partial charge in [-0.05, 0) is 62.9 Å². The molecule has 0 radical (unpaired) electrons. The van der Waals surface area contributed by atoms with Gasteiger partial charge in [0.1, 0.15) is 5.82 Å². The predicted octanol–water partition coefficient (Wildman–Crippen LogP) is 6.44.